The van der Waals surface area contributed by atoms with Gasteiger partial charge in [0.05, 0.1) is 6.61 Å². The van der Waals surface area contributed by atoms with E-state index in [0.717, 1.165) is 64.2 Å². The van der Waals surface area contributed by atoms with Crippen molar-refractivity contribution in [3.63, 3.8) is 0 Å². The molecule has 0 aromatic carbocycles. The van der Waals surface area contributed by atoms with Crippen LogP contribution in [0.1, 0.15) is 200 Å². The van der Waals surface area contributed by atoms with E-state index >= 15 is 0 Å². The zero-order chi connectivity index (χ0) is 37.5. The van der Waals surface area contributed by atoms with Crippen molar-refractivity contribution >= 4 is 19.8 Å². The van der Waals surface area contributed by atoms with E-state index in [4.69, 9.17) is 19.3 Å². The van der Waals surface area contributed by atoms with E-state index in [9.17, 15) is 14.2 Å². The maximum atomic E-state index is 12.4. The number of esters is 2. The highest BCUT2D eigenvalue weighted by molar-refractivity contribution is 7.46. The van der Waals surface area contributed by atoms with E-state index in [2.05, 4.69) is 54.8 Å². The Bertz CT molecular complexity index is 926. The normalized spacial score (nSPS) is 12.8. The molecule has 1 atom stereocenters. The molecule has 0 spiro atoms. The highest BCUT2D eigenvalue weighted by atomic mass is 31.2. The zero-order valence-electron chi connectivity index (χ0n) is 32.8. The molecule has 0 aliphatic rings. The van der Waals surface area contributed by atoms with Gasteiger partial charge in [0.2, 0.25) is 0 Å². The van der Waals surface area contributed by atoms with Gasteiger partial charge >= 0.3 is 19.8 Å². The third-order valence-electron chi connectivity index (χ3n) is 8.88. The van der Waals surface area contributed by atoms with Crippen LogP contribution in [0.4, 0.5) is 0 Å². The van der Waals surface area contributed by atoms with Gasteiger partial charge in [0, 0.05) is 12.8 Å². The lowest BCUT2D eigenvalue weighted by molar-refractivity contribution is -0.161. The van der Waals surface area contributed by atoms with Crippen molar-refractivity contribution in [3.05, 3.63) is 36.5 Å². The van der Waals surface area contributed by atoms with E-state index in [-0.39, 0.29) is 19.4 Å². The predicted molar refractivity (Wildman–Crippen MR) is 211 cm³/mol. The molecule has 0 radical (unpaired) electrons. The first-order chi connectivity index (χ1) is 24.8. The van der Waals surface area contributed by atoms with Crippen molar-refractivity contribution in [2.45, 2.75) is 206 Å². The second-order valence-corrected chi connectivity index (χ2v) is 15.2. The molecule has 0 aromatic rings. The number of unbranched alkanes of at least 4 members (excludes halogenated alkanes) is 22. The van der Waals surface area contributed by atoms with Gasteiger partial charge < -0.3 is 19.3 Å². The van der Waals surface area contributed by atoms with Crippen LogP contribution < -0.4 is 0 Å². The highest BCUT2D eigenvalue weighted by Crippen LogP contribution is 2.36. The lowest BCUT2D eigenvalue weighted by atomic mass is 10.1. The molecular formula is C42H77O8P. The summed E-state index contributed by atoms with van der Waals surface area (Å²) in [5.74, 6) is -0.898. The van der Waals surface area contributed by atoms with Gasteiger partial charge in [0.1, 0.15) is 6.61 Å². The number of allylic oxidation sites excluding steroid dienone is 6. The molecule has 0 aliphatic carbocycles. The molecule has 0 saturated carbocycles. The summed E-state index contributed by atoms with van der Waals surface area (Å²) in [5.41, 5.74) is 0. The number of carbonyl (C=O) groups is 2. The molecule has 2 N–H and O–H groups in total. The lowest BCUT2D eigenvalue weighted by Gasteiger charge is -2.18. The van der Waals surface area contributed by atoms with Crippen LogP contribution in [-0.2, 0) is 28.2 Å². The van der Waals surface area contributed by atoms with Crippen LogP contribution in [-0.4, -0.2) is 41.0 Å². The van der Waals surface area contributed by atoms with Crippen molar-refractivity contribution in [2.24, 2.45) is 0 Å². The van der Waals surface area contributed by atoms with E-state index < -0.39 is 32.5 Å². The monoisotopic (exact) mass is 741 g/mol. The average molecular weight is 741 g/mol. The summed E-state index contributed by atoms with van der Waals surface area (Å²) in [5, 5.41) is 0. The summed E-state index contributed by atoms with van der Waals surface area (Å²) in [6.07, 6.45) is 44.4. The minimum Gasteiger partial charge on any atom is -0.462 e. The van der Waals surface area contributed by atoms with E-state index in [1.165, 1.54) is 96.3 Å². The van der Waals surface area contributed by atoms with E-state index in [1.807, 2.05) is 0 Å². The molecular weight excluding hydrogens is 663 g/mol. The standard InChI is InChI=1S/C42H77O8P/c1-3-5-7-9-11-13-15-17-18-19-20-21-22-23-24-25-27-29-31-33-35-37-42(44)50-40(39-49-51(45,46)47)38-48-41(43)36-34-32-30-28-26-16-14-12-10-8-6-4-2/h12,14-15,17,19-20,40H,3-11,13,16,18,21-39H2,1-2H3,(H2,45,46,47)/b14-12-,17-15-,20-19-. The number of rotatable bonds is 38. The predicted octanol–water partition coefficient (Wildman–Crippen LogP) is 12.6. The first-order valence-corrected chi connectivity index (χ1v) is 22.3. The molecule has 0 aromatic heterocycles. The van der Waals surface area contributed by atoms with Gasteiger partial charge in [0.15, 0.2) is 6.10 Å². The second-order valence-electron chi connectivity index (χ2n) is 14.0. The van der Waals surface area contributed by atoms with Gasteiger partial charge in [-0.3, -0.25) is 14.1 Å². The Morgan fingerprint density at radius 2 is 0.882 bits per heavy atom. The molecule has 0 heterocycles. The quantitative estimate of drug-likeness (QED) is 0.0278. The van der Waals surface area contributed by atoms with Crippen LogP contribution in [0.15, 0.2) is 36.5 Å². The first-order valence-electron chi connectivity index (χ1n) is 20.8. The number of hydrogen-bond acceptors (Lipinski definition) is 6. The van der Waals surface area contributed by atoms with Crippen molar-refractivity contribution < 1.29 is 37.9 Å². The lowest BCUT2D eigenvalue weighted by Crippen LogP contribution is -2.29. The number of carbonyl (C=O) groups excluding carboxylic acids is 2. The molecule has 0 amide bonds. The Kier molecular flexibility index (Phi) is 36.7. The fourth-order valence-corrected chi connectivity index (χ4v) is 6.11. The Balaban J connectivity index is 3.90. The molecule has 1 unspecified atom stereocenters. The maximum absolute atomic E-state index is 12.4. The van der Waals surface area contributed by atoms with Crippen molar-refractivity contribution in [1.29, 1.82) is 0 Å². The Morgan fingerprint density at radius 1 is 0.510 bits per heavy atom. The van der Waals surface area contributed by atoms with Crippen LogP contribution in [0.25, 0.3) is 0 Å². The zero-order valence-corrected chi connectivity index (χ0v) is 33.6. The largest absolute Gasteiger partial charge is 0.469 e. The first kappa shape index (κ1) is 49.3. The third-order valence-corrected chi connectivity index (χ3v) is 9.37. The van der Waals surface area contributed by atoms with Gasteiger partial charge in [-0.25, -0.2) is 4.57 Å². The topological polar surface area (TPSA) is 119 Å². The molecule has 0 rings (SSSR count). The van der Waals surface area contributed by atoms with Gasteiger partial charge in [-0.2, -0.15) is 0 Å². The minimum atomic E-state index is -4.75. The van der Waals surface area contributed by atoms with Gasteiger partial charge in [-0.15, -0.1) is 0 Å². The molecule has 0 aliphatic heterocycles. The van der Waals surface area contributed by atoms with E-state index in [1.54, 1.807) is 0 Å². The van der Waals surface area contributed by atoms with Crippen LogP contribution in [0.5, 0.6) is 0 Å². The van der Waals surface area contributed by atoms with Crippen molar-refractivity contribution in [2.75, 3.05) is 13.2 Å². The molecule has 0 fully saturated rings. The fraction of sp³-hybridized carbons (Fsp3) is 0.810. The maximum Gasteiger partial charge on any atom is 0.469 e. The summed E-state index contributed by atoms with van der Waals surface area (Å²) >= 11 is 0. The molecule has 298 valence electrons. The number of phosphoric ester groups is 1. The minimum absolute atomic E-state index is 0.206. The smallest absolute Gasteiger partial charge is 0.462 e. The van der Waals surface area contributed by atoms with Gasteiger partial charge in [-0.1, -0.05) is 153 Å². The molecule has 0 saturated heterocycles. The fourth-order valence-electron chi connectivity index (χ4n) is 5.75. The van der Waals surface area contributed by atoms with Crippen LogP contribution in [0.3, 0.4) is 0 Å². The van der Waals surface area contributed by atoms with Crippen molar-refractivity contribution in [1.82, 2.24) is 0 Å². The van der Waals surface area contributed by atoms with Crippen LogP contribution >= 0.6 is 7.82 Å². The summed E-state index contributed by atoms with van der Waals surface area (Å²) in [4.78, 5) is 42.8. The Morgan fingerprint density at radius 3 is 1.35 bits per heavy atom. The Labute approximate surface area is 312 Å². The Hall–Kier alpha value is -1.73. The van der Waals surface area contributed by atoms with Crippen LogP contribution in [0.2, 0.25) is 0 Å². The van der Waals surface area contributed by atoms with Gasteiger partial charge in [0.25, 0.3) is 0 Å². The second kappa shape index (κ2) is 38.0. The SMILES string of the molecule is CCCCC/C=C\CCCCCCCC(=O)OCC(COP(=O)(O)O)OC(=O)CCCCCCCCCCC/C=C\C/C=C\CCCCCCC. The summed E-state index contributed by atoms with van der Waals surface area (Å²) < 4.78 is 26.3. The summed E-state index contributed by atoms with van der Waals surface area (Å²) in [6.45, 7) is 3.64. The number of phosphoric acid groups is 1. The van der Waals surface area contributed by atoms with E-state index in [0.29, 0.717) is 12.8 Å². The average Bonchev–Trinajstić information content (AvgIpc) is 3.10. The molecule has 0 bridgehead atoms. The highest BCUT2D eigenvalue weighted by Gasteiger charge is 2.22. The molecule has 8 nitrogen and oxygen atoms in total. The number of hydrogen-bond donors (Lipinski definition) is 2. The van der Waals surface area contributed by atoms with Crippen LogP contribution in [0, 0.1) is 0 Å². The van der Waals surface area contributed by atoms with Crippen molar-refractivity contribution in [3.8, 4) is 0 Å². The molecule has 51 heavy (non-hydrogen) atoms. The summed E-state index contributed by atoms with van der Waals surface area (Å²) in [7, 11) is -4.75. The number of ether oxygens (including phenoxy) is 2. The van der Waals surface area contributed by atoms with Gasteiger partial charge in [-0.05, 0) is 70.6 Å². The third kappa shape index (κ3) is 40.9. The molecule has 9 heteroatoms. The summed E-state index contributed by atoms with van der Waals surface area (Å²) in [6, 6.07) is 0.